The Balaban J connectivity index is 0.00000422. The van der Waals surface area contributed by atoms with Crippen LogP contribution in [0.5, 0.6) is 0 Å². The van der Waals surface area contributed by atoms with Crippen molar-refractivity contribution in [1.29, 1.82) is 0 Å². The number of likely N-dealkylation sites (N-methyl/N-ethyl adjacent to an activating group) is 2. The summed E-state index contributed by atoms with van der Waals surface area (Å²) in [5.74, 6) is 0.409. The Bertz CT molecular complexity index is 1930. The van der Waals surface area contributed by atoms with E-state index in [0.29, 0.717) is 96.2 Å². The number of ether oxygens (including phenoxy) is 2. The summed E-state index contributed by atoms with van der Waals surface area (Å²) in [6, 6.07) is 0. The molecule has 0 aromatic carbocycles. The number of nitrogens with zero attached hydrogens (tertiary/aromatic N) is 10. The maximum Gasteiger partial charge on any atom is 0.220 e. The van der Waals surface area contributed by atoms with Crippen LogP contribution in [0.4, 0.5) is 11.6 Å². The molecule has 0 spiro atoms. The van der Waals surface area contributed by atoms with Crippen LogP contribution in [0.2, 0.25) is 0 Å². The van der Waals surface area contributed by atoms with E-state index in [0.717, 1.165) is 25.7 Å². The smallest absolute Gasteiger partial charge is 0.220 e. The van der Waals surface area contributed by atoms with Crippen LogP contribution in [0.25, 0.3) is 22.3 Å². The van der Waals surface area contributed by atoms with E-state index in [9.17, 15) is 30.0 Å². The van der Waals surface area contributed by atoms with E-state index in [4.69, 9.17) is 20.9 Å². The normalized spacial score (nSPS) is 23.9. The highest BCUT2D eigenvalue weighted by molar-refractivity contribution is 5.82. The Morgan fingerprint density at radius 1 is 0.613 bits per heavy atom. The number of aromatic nitrogens is 8. The first-order valence-electron chi connectivity index (χ1n) is 20.6. The van der Waals surface area contributed by atoms with E-state index < -0.39 is 49.1 Å². The van der Waals surface area contributed by atoms with Crippen LogP contribution in [0.1, 0.15) is 63.8 Å². The topological polar surface area (TPSA) is 297 Å². The molecule has 4 aromatic heterocycles. The fraction of sp³-hybridized carbons (Fsp3) is 0.684. The number of hydrogen-bond acceptors (Lipinski definition) is 16. The number of carbonyl (C=O) groups is 2. The first kappa shape index (κ1) is 51.4. The van der Waals surface area contributed by atoms with E-state index in [1.807, 2.05) is 28.2 Å². The van der Waals surface area contributed by atoms with Crippen molar-refractivity contribution in [2.75, 3.05) is 78.9 Å². The Morgan fingerprint density at radius 3 is 1.39 bits per heavy atom. The molecule has 24 heteroatoms. The fourth-order valence-electron chi connectivity index (χ4n) is 8.06. The summed E-state index contributed by atoms with van der Waals surface area (Å²) in [6.45, 7) is 3.37. The number of unbranched alkanes of at least 4 members (excludes halogenated alkanes) is 3. The number of imidazole rings is 2. The average molecular weight is 1100 g/mol. The van der Waals surface area contributed by atoms with E-state index >= 15 is 0 Å². The predicted molar refractivity (Wildman–Crippen MR) is 218 cm³/mol. The van der Waals surface area contributed by atoms with Gasteiger partial charge in [0.25, 0.3) is 0 Å². The first-order valence-corrected chi connectivity index (χ1v) is 20.6. The second-order valence-corrected chi connectivity index (χ2v) is 17.3. The SMILES string of the molecule is C[N+](C)(CCCC(=O)NCCCCCCNC(=O)CCC[N+](C)(C)C[C@H]1O[C@@H](n2cnc3c(N)ncnc32)[C@H](O)[C@@H]1O)C[C@H]1O[C@@H](n2cnc3c(N)ncnc32)[C@H](O)[C@@H]1O.[I-].[I-]. The van der Waals surface area contributed by atoms with E-state index in [1.54, 1.807) is 9.13 Å². The van der Waals surface area contributed by atoms with Crippen LogP contribution in [-0.4, -0.2) is 184 Å². The van der Waals surface area contributed by atoms with Gasteiger partial charge in [0, 0.05) is 38.8 Å². The molecule has 6 heterocycles. The minimum Gasteiger partial charge on any atom is -1.00 e. The number of carbonyl (C=O) groups excluding carboxylic acids is 2. The number of quaternary nitrogens is 2. The number of anilines is 2. The van der Waals surface area contributed by atoms with Gasteiger partial charge in [0.05, 0.1) is 53.9 Å². The number of rotatable bonds is 21. The van der Waals surface area contributed by atoms with Crippen LogP contribution < -0.4 is 70.1 Å². The molecule has 2 fully saturated rings. The molecule has 2 saturated heterocycles. The number of fused-ring (bicyclic) bond motifs is 2. The Kier molecular flexibility index (Phi) is 18.7. The lowest BCUT2D eigenvalue weighted by Crippen LogP contribution is -3.00. The molecule has 2 aliphatic rings. The predicted octanol–water partition coefficient (Wildman–Crippen LogP) is -7.42. The maximum atomic E-state index is 12.5. The van der Waals surface area contributed by atoms with Gasteiger partial charge in [-0.2, -0.15) is 0 Å². The summed E-state index contributed by atoms with van der Waals surface area (Å²) >= 11 is 0. The second-order valence-electron chi connectivity index (χ2n) is 17.3. The molecule has 2 amide bonds. The van der Waals surface area contributed by atoms with Gasteiger partial charge in [0.1, 0.15) is 73.4 Å². The number of nitrogens with two attached hydrogens (primary N) is 2. The van der Waals surface area contributed by atoms with E-state index in [-0.39, 0.29) is 71.4 Å². The largest absolute Gasteiger partial charge is 1.00 e. The summed E-state index contributed by atoms with van der Waals surface area (Å²) < 4.78 is 16.3. The molecule has 0 bridgehead atoms. The minimum atomic E-state index is -1.19. The number of nitrogen functional groups attached to an aromatic ring is 2. The number of halogens is 2. The van der Waals surface area contributed by atoms with Gasteiger partial charge >= 0.3 is 0 Å². The lowest BCUT2D eigenvalue weighted by atomic mass is 10.1. The van der Waals surface area contributed by atoms with Crippen molar-refractivity contribution in [3.8, 4) is 0 Å². The van der Waals surface area contributed by atoms with Crippen LogP contribution in [0.15, 0.2) is 25.3 Å². The molecule has 62 heavy (non-hydrogen) atoms. The third-order valence-electron chi connectivity index (χ3n) is 11.4. The Morgan fingerprint density at radius 2 is 1.00 bits per heavy atom. The van der Waals surface area contributed by atoms with Crippen molar-refractivity contribution in [1.82, 2.24) is 49.7 Å². The third-order valence-corrected chi connectivity index (χ3v) is 11.4. The van der Waals surface area contributed by atoms with Crippen molar-refractivity contribution in [2.24, 2.45) is 0 Å². The molecular weight excluding hydrogens is 1030 g/mol. The maximum absolute atomic E-state index is 12.5. The van der Waals surface area contributed by atoms with Gasteiger partial charge in [0.2, 0.25) is 11.8 Å². The van der Waals surface area contributed by atoms with Crippen LogP contribution in [0.3, 0.4) is 0 Å². The van der Waals surface area contributed by atoms with Crippen molar-refractivity contribution in [3.63, 3.8) is 0 Å². The highest BCUT2D eigenvalue weighted by atomic mass is 127. The summed E-state index contributed by atoms with van der Waals surface area (Å²) in [5, 5.41) is 49.2. The Hall–Kier alpha value is -3.22. The lowest BCUT2D eigenvalue weighted by Gasteiger charge is -2.33. The average Bonchev–Trinajstić information content (AvgIpc) is 3.95. The number of nitrogens with one attached hydrogen (secondary N) is 2. The van der Waals surface area contributed by atoms with Crippen molar-refractivity contribution in [3.05, 3.63) is 25.3 Å². The molecule has 10 N–H and O–H groups in total. The van der Waals surface area contributed by atoms with E-state index in [1.165, 1.54) is 25.3 Å². The van der Waals surface area contributed by atoms with Crippen molar-refractivity contribution < 1.29 is 96.4 Å². The van der Waals surface area contributed by atoms with Gasteiger partial charge in [-0.25, -0.2) is 29.9 Å². The second kappa shape index (κ2) is 22.6. The summed E-state index contributed by atoms with van der Waals surface area (Å²) in [6.07, 6.45) is 3.49. The molecule has 4 aromatic rings. The highest BCUT2D eigenvalue weighted by Crippen LogP contribution is 2.34. The lowest BCUT2D eigenvalue weighted by molar-refractivity contribution is -0.893. The van der Waals surface area contributed by atoms with Gasteiger partial charge in [-0.15, -0.1) is 0 Å². The van der Waals surface area contributed by atoms with Gasteiger partial charge in [0.15, 0.2) is 35.4 Å². The molecular formula is C38H62I2N14O8. The van der Waals surface area contributed by atoms with Crippen LogP contribution in [-0.2, 0) is 19.1 Å². The van der Waals surface area contributed by atoms with Gasteiger partial charge < -0.3 is 109 Å². The highest BCUT2D eigenvalue weighted by Gasteiger charge is 2.48. The third kappa shape index (κ3) is 12.7. The number of aliphatic hydroxyl groups is 4. The molecule has 2 aliphatic heterocycles. The Labute approximate surface area is 394 Å². The van der Waals surface area contributed by atoms with E-state index in [2.05, 4.69) is 40.5 Å². The summed E-state index contributed by atoms with van der Waals surface area (Å²) in [5.41, 5.74) is 13.4. The zero-order valence-corrected chi connectivity index (χ0v) is 39.9. The fourth-order valence-corrected chi connectivity index (χ4v) is 8.06. The van der Waals surface area contributed by atoms with Gasteiger partial charge in [-0.1, -0.05) is 12.8 Å². The minimum absolute atomic E-state index is 0. The van der Waals surface area contributed by atoms with Crippen molar-refractivity contribution >= 4 is 45.8 Å². The molecule has 0 aliphatic carbocycles. The number of amides is 2. The first-order chi connectivity index (χ1) is 28.5. The van der Waals surface area contributed by atoms with Crippen molar-refractivity contribution in [2.45, 2.75) is 100 Å². The van der Waals surface area contributed by atoms with Gasteiger partial charge in [-0.3, -0.25) is 18.7 Å². The van der Waals surface area contributed by atoms with Gasteiger partial charge in [-0.05, 0) is 12.8 Å². The molecule has 0 radical (unpaired) electrons. The molecule has 0 saturated carbocycles. The quantitative estimate of drug-likeness (QED) is 0.0219. The summed E-state index contributed by atoms with van der Waals surface area (Å²) in [7, 11) is 8.00. The molecule has 22 nitrogen and oxygen atoms in total. The molecule has 6 rings (SSSR count). The zero-order chi connectivity index (χ0) is 43.2. The summed E-state index contributed by atoms with van der Waals surface area (Å²) in [4.78, 5) is 49.8. The number of hydrogen-bond donors (Lipinski definition) is 8. The molecule has 0 unspecified atom stereocenters. The monoisotopic (exact) mass is 1100 g/mol. The molecule has 8 atom stereocenters. The zero-order valence-electron chi connectivity index (χ0n) is 35.6. The standard InChI is InChI=1S/C38H60N14O8.2HI/c1-51(2,17-23-29(55)31(57)37(59-23)49-21-47-27-33(39)43-19-45-35(27)49)15-9-11-25(53)41-13-7-5-6-8-14-42-26(54)12-10-16-52(3,4)18-24-30(56)32(58)38(60-24)50-22-48-28-34(40)44-20-46-36(28)50;;/h19-24,29-32,37-38,55-58H,5-18H2,1-4H3,(H4-2,39,40,41,42,43,44,45,46,53,54);2*1H/t23-,24-,29-,30-,31-,32-,37-,38-;;/m1../s1. The molecule has 346 valence electrons. The van der Waals surface area contributed by atoms with Crippen LogP contribution in [0, 0.1) is 0 Å². The number of aliphatic hydroxyl groups excluding tert-OH is 4. The van der Waals surface area contributed by atoms with Crippen LogP contribution >= 0.6 is 0 Å².